The van der Waals surface area contributed by atoms with E-state index in [0.29, 0.717) is 12.0 Å². The number of ether oxygens (including phenoxy) is 1. The summed E-state index contributed by atoms with van der Waals surface area (Å²) in [6, 6.07) is 6.58. The molecule has 0 spiro atoms. The fourth-order valence-corrected chi connectivity index (χ4v) is 2.61. The lowest BCUT2D eigenvalue weighted by molar-refractivity contribution is 0.254. The van der Waals surface area contributed by atoms with Gasteiger partial charge in [-0.2, -0.15) is 0 Å². The van der Waals surface area contributed by atoms with Gasteiger partial charge in [0.1, 0.15) is 11.9 Å². The average molecular weight is 233 g/mol. The van der Waals surface area contributed by atoms with Gasteiger partial charge in [0.2, 0.25) is 0 Å². The predicted molar refractivity (Wildman–Crippen MR) is 71.2 cm³/mol. The van der Waals surface area contributed by atoms with Gasteiger partial charge in [-0.05, 0) is 36.5 Å². The molecule has 0 saturated heterocycles. The summed E-state index contributed by atoms with van der Waals surface area (Å²) in [5.74, 6) is 1.58. The molecule has 2 heteroatoms. The molecule has 1 aromatic rings. The maximum atomic E-state index is 6.31. The third-order valence-electron chi connectivity index (χ3n) is 3.66. The Morgan fingerprint density at radius 2 is 2.24 bits per heavy atom. The first kappa shape index (κ1) is 12.4. The molecule has 0 amide bonds. The summed E-state index contributed by atoms with van der Waals surface area (Å²) in [6.07, 6.45) is 3.70. The van der Waals surface area contributed by atoms with Crippen LogP contribution in [-0.2, 0) is 6.42 Å². The summed E-state index contributed by atoms with van der Waals surface area (Å²) in [5, 5.41) is 0. The zero-order valence-corrected chi connectivity index (χ0v) is 11.1. The predicted octanol–water partition coefficient (Wildman–Crippen LogP) is 3.45. The quantitative estimate of drug-likeness (QED) is 0.864. The number of hydrogen-bond acceptors (Lipinski definition) is 2. The minimum Gasteiger partial charge on any atom is -0.490 e. The van der Waals surface area contributed by atoms with Gasteiger partial charge in [-0.3, -0.25) is 0 Å². The molecule has 0 bridgehead atoms. The molecule has 0 aliphatic carbocycles. The van der Waals surface area contributed by atoms with Crippen molar-refractivity contribution < 1.29 is 4.74 Å². The molecule has 0 aromatic heterocycles. The van der Waals surface area contributed by atoms with E-state index in [2.05, 4.69) is 39.0 Å². The highest BCUT2D eigenvalue weighted by atomic mass is 16.5. The normalized spacial score (nSPS) is 21.8. The van der Waals surface area contributed by atoms with Gasteiger partial charge < -0.3 is 10.5 Å². The first-order valence-corrected chi connectivity index (χ1v) is 6.67. The van der Waals surface area contributed by atoms with Gasteiger partial charge in [0, 0.05) is 12.5 Å². The molecule has 0 saturated carbocycles. The van der Waals surface area contributed by atoms with E-state index in [9.17, 15) is 0 Å². The second-order valence-corrected chi connectivity index (χ2v) is 5.29. The Balaban J connectivity index is 2.15. The first-order valence-electron chi connectivity index (χ1n) is 6.67. The van der Waals surface area contributed by atoms with E-state index in [4.69, 9.17) is 10.5 Å². The lowest BCUT2D eigenvalue weighted by Crippen LogP contribution is -2.19. The molecule has 17 heavy (non-hydrogen) atoms. The lowest BCUT2D eigenvalue weighted by atomic mass is 9.90. The highest BCUT2D eigenvalue weighted by Crippen LogP contribution is 2.32. The Morgan fingerprint density at radius 1 is 1.47 bits per heavy atom. The van der Waals surface area contributed by atoms with Crippen LogP contribution in [0.15, 0.2) is 18.2 Å². The van der Waals surface area contributed by atoms with Crippen molar-refractivity contribution in [3.63, 3.8) is 0 Å². The highest BCUT2D eigenvalue weighted by Gasteiger charge is 2.21. The van der Waals surface area contributed by atoms with Gasteiger partial charge in [-0.25, -0.2) is 0 Å². The summed E-state index contributed by atoms with van der Waals surface area (Å²) in [5.41, 5.74) is 8.88. The maximum absolute atomic E-state index is 6.31. The molecule has 1 aliphatic rings. The Kier molecular flexibility index (Phi) is 3.72. The lowest BCUT2D eigenvalue weighted by Gasteiger charge is -2.20. The van der Waals surface area contributed by atoms with Crippen molar-refractivity contribution >= 4 is 0 Å². The SMILES string of the molecule is CCCC(C)C(N)c1ccc2c(c1)CC(C)O2. The van der Waals surface area contributed by atoms with Crippen LogP contribution < -0.4 is 10.5 Å². The maximum Gasteiger partial charge on any atom is 0.123 e. The third-order valence-corrected chi connectivity index (χ3v) is 3.66. The summed E-state index contributed by atoms with van der Waals surface area (Å²) < 4.78 is 5.71. The number of nitrogens with two attached hydrogens (primary N) is 1. The topological polar surface area (TPSA) is 35.2 Å². The average Bonchev–Trinajstić information content (AvgIpc) is 2.67. The number of benzene rings is 1. The van der Waals surface area contributed by atoms with Crippen LogP contribution >= 0.6 is 0 Å². The monoisotopic (exact) mass is 233 g/mol. The molecule has 0 fully saturated rings. The largest absolute Gasteiger partial charge is 0.490 e. The van der Waals surface area contributed by atoms with Gasteiger partial charge in [0.15, 0.2) is 0 Å². The Hall–Kier alpha value is -1.02. The van der Waals surface area contributed by atoms with Crippen molar-refractivity contribution in [1.82, 2.24) is 0 Å². The number of hydrogen-bond donors (Lipinski definition) is 1. The van der Waals surface area contributed by atoms with Crippen molar-refractivity contribution in [2.75, 3.05) is 0 Å². The molecule has 1 heterocycles. The van der Waals surface area contributed by atoms with E-state index in [1.165, 1.54) is 24.0 Å². The fourth-order valence-electron chi connectivity index (χ4n) is 2.61. The first-order chi connectivity index (χ1) is 8.11. The molecule has 0 radical (unpaired) electrons. The zero-order valence-electron chi connectivity index (χ0n) is 11.1. The molecule has 1 aromatic carbocycles. The molecule has 2 N–H and O–H groups in total. The van der Waals surface area contributed by atoms with E-state index in [0.717, 1.165) is 12.2 Å². The minimum atomic E-state index is 0.149. The van der Waals surface area contributed by atoms with Crippen molar-refractivity contribution in [2.24, 2.45) is 11.7 Å². The van der Waals surface area contributed by atoms with Gasteiger partial charge in [-0.15, -0.1) is 0 Å². The van der Waals surface area contributed by atoms with Crippen LogP contribution in [-0.4, -0.2) is 6.10 Å². The van der Waals surface area contributed by atoms with Crippen LogP contribution in [0.3, 0.4) is 0 Å². The van der Waals surface area contributed by atoms with Gasteiger partial charge >= 0.3 is 0 Å². The van der Waals surface area contributed by atoms with Crippen LogP contribution in [0.4, 0.5) is 0 Å². The summed E-state index contributed by atoms with van der Waals surface area (Å²) in [7, 11) is 0. The van der Waals surface area contributed by atoms with Crippen LogP contribution in [0.1, 0.15) is 50.8 Å². The standard InChI is InChI=1S/C15H23NO/c1-4-5-10(2)15(16)12-6-7-14-13(9-12)8-11(3)17-14/h6-7,9-11,15H,4-5,8,16H2,1-3H3. The molecule has 3 atom stereocenters. The van der Waals surface area contributed by atoms with Crippen molar-refractivity contribution in [3.8, 4) is 5.75 Å². The summed E-state index contributed by atoms with van der Waals surface area (Å²) in [4.78, 5) is 0. The Morgan fingerprint density at radius 3 is 2.94 bits per heavy atom. The van der Waals surface area contributed by atoms with E-state index < -0.39 is 0 Å². The van der Waals surface area contributed by atoms with Crippen LogP contribution in [0.2, 0.25) is 0 Å². The highest BCUT2D eigenvalue weighted by molar-refractivity contribution is 5.41. The van der Waals surface area contributed by atoms with Gasteiger partial charge in [0.25, 0.3) is 0 Å². The van der Waals surface area contributed by atoms with Crippen molar-refractivity contribution in [3.05, 3.63) is 29.3 Å². The molecular weight excluding hydrogens is 210 g/mol. The molecule has 3 unspecified atom stereocenters. The summed E-state index contributed by atoms with van der Waals surface area (Å²) >= 11 is 0. The second kappa shape index (κ2) is 5.09. The van der Waals surface area contributed by atoms with Gasteiger partial charge in [0.05, 0.1) is 0 Å². The number of rotatable bonds is 4. The van der Waals surface area contributed by atoms with E-state index >= 15 is 0 Å². The molecule has 94 valence electrons. The molecule has 1 aliphatic heterocycles. The zero-order chi connectivity index (χ0) is 12.4. The smallest absolute Gasteiger partial charge is 0.123 e. The summed E-state index contributed by atoms with van der Waals surface area (Å²) in [6.45, 7) is 6.56. The Labute approximate surface area is 104 Å². The third kappa shape index (κ3) is 2.63. The van der Waals surface area contributed by atoms with Crippen LogP contribution in [0, 0.1) is 5.92 Å². The fraction of sp³-hybridized carbons (Fsp3) is 0.600. The van der Waals surface area contributed by atoms with E-state index in [-0.39, 0.29) is 6.04 Å². The van der Waals surface area contributed by atoms with Crippen LogP contribution in [0.25, 0.3) is 0 Å². The van der Waals surface area contributed by atoms with Crippen LogP contribution in [0.5, 0.6) is 5.75 Å². The Bertz CT molecular complexity index is 389. The minimum absolute atomic E-state index is 0.149. The molecule has 2 rings (SSSR count). The van der Waals surface area contributed by atoms with Crippen molar-refractivity contribution in [1.29, 1.82) is 0 Å². The number of fused-ring (bicyclic) bond motifs is 1. The van der Waals surface area contributed by atoms with Crippen molar-refractivity contribution in [2.45, 2.75) is 52.2 Å². The van der Waals surface area contributed by atoms with E-state index in [1.807, 2.05) is 0 Å². The molecule has 2 nitrogen and oxygen atoms in total. The molecular formula is C15H23NO. The van der Waals surface area contributed by atoms with E-state index in [1.54, 1.807) is 0 Å². The van der Waals surface area contributed by atoms with Gasteiger partial charge in [-0.1, -0.05) is 32.4 Å². The second-order valence-electron chi connectivity index (χ2n) is 5.29.